The molecule has 0 aliphatic carbocycles. The highest BCUT2D eigenvalue weighted by molar-refractivity contribution is 6.04. The maximum atomic E-state index is 12.2. The summed E-state index contributed by atoms with van der Waals surface area (Å²) in [7, 11) is 0. The summed E-state index contributed by atoms with van der Waals surface area (Å²) in [5.74, 6) is -2.13. The number of carboxylic acids is 1. The molecule has 0 spiro atoms. The number of amides is 1. The molecule has 6 nitrogen and oxygen atoms in total. The summed E-state index contributed by atoms with van der Waals surface area (Å²) in [5, 5.41) is 9.10. The topological polar surface area (TPSA) is 101 Å². The van der Waals surface area contributed by atoms with Crippen LogP contribution in [0, 0.1) is 5.92 Å². The maximum absolute atomic E-state index is 12.2. The molecule has 2 atom stereocenters. The van der Waals surface area contributed by atoms with Crippen molar-refractivity contribution >= 4 is 17.7 Å². The summed E-state index contributed by atoms with van der Waals surface area (Å²) in [4.78, 5) is 35.9. The van der Waals surface area contributed by atoms with Crippen LogP contribution in [0.2, 0.25) is 0 Å². The summed E-state index contributed by atoms with van der Waals surface area (Å²) in [6.07, 6.45) is 1.03. The van der Waals surface area contributed by atoms with Crippen LogP contribution in [0.1, 0.15) is 40.5 Å². The van der Waals surface area contributed by atoms with Gasteiger partial charge in [0.1, 0.15) is 0 Å². The van der Waals surface area contributed by atoms with E-state index in [-0.39, 0.29) is 12.5 Å². The number of hydrogen-bond donors (Lipinski definition) is 2. The van der Waals surface area contributed by atoms with Gasteiger partial charge in [-0.25, -0.2) is 4.79 Å². The van der Waals surface area contributed by atoms with E-state index >= 15 is 0 Å². The summed E-state index contributed by atoms with van der Waals surface area (Å²) in [5.41, 5.74) is 5.79. The molecule has 0 unspecified atom stereocenters. The van der Waals surface area contributed by atoms with E-state index < -0.39 is 29.7 Å². The van der Waals surface area contributed by atoms with Crippen molar-refractivity contribution < 1.29 is 19.5 Å². The van der Waals surface area contributed by atoms with E-state index in [1.807, 2.05) is 20.8 Å². The molecule has 0 aliphatic rings. The van der Waals surface area contributed by atoms with Gasteiger partial charge in [-0.3, -0.25) is 9.59 Å². The van der Waals surface area contributed by atoms with Gasteiger partial charge in [0, 0.05) is 6.54 Å². The van der Waals surface area contributed by atoms with Gasteiger partial charge < -0.3 is 15.7 Å². The molecule has 0 radical (unpaired) electrons. The second-order valence-electron chi connectivity index (χ2n) is 5.12. The number of carbonyl (C=O) groups excluding carboxylic acids is 2. The van der Waals surface area contributed by atoms with Crippen LogP contribution in [0.3, 0.4) is 0 Å². The van der Waals surface area contributed by atoms with Gasteiger partial charge >= 0.3 is 5.97 Å². The quantitative estimate of drug-likeness (QED) is 0.631. The number of hydrogen-bond acceptors (Lipinski definition) is 4. The average Bonchev–Trinajstić information content (AvgIpc) is 2.25. The molecule has 6 heteroatoms. The first kappa shape index (κ1) is 17.6. The van der Waals surface area contributed by atoms with E-state index in [4.69, 9.17) is 10.8 Å². The van der Waals surface area contributed by atoms with Crippen molar-refractivity contribution in [2.75, 3.05) is 6.54 Å². The number of nitrogens with two attached hydrogens (primary N) is 1. The van der Waals surface area contributed by atoms with Crippen LogP contribution in [-0.2, 0) is 14.4 Å². The van der Waals surface area contributed by atoms with E-state index in [9.17, 15) is 14.4 Å². The third-order valence-corrected chi connectivity index (χ3v) is 2.72. The smallest absolute Gasteiger partial charge is 0.334 e. The molecule has 0 heterocycles. The lowest BCUT2D eigenvalue weighted by atomic mass is 10.0. The molecule has 0 aliphatic heterocycles. The monoisotopic (exact) mass is 272 g/mol. The van der Waals surface area contributed by atoms with Crippen LogP contribution in [0.15, 0.2) is 0 Å². The zero-order valence-corrected chi connectivity index (χ0v) is 12.0. The molecule has 0 bridgehead atoms. The number of rotatable bonds is 8. The van der Waals surface area contributed by atoms with Gasteiger partial charge in [-0.1, -0.05) is 20.8 Å². The molecule has 0 fully saturated rings. The fourth-order valence-corrected chi connectivity index (χ4v) is 1.96. The summed E-state index contributed by atoms with van der Waals surface area (Å²) in [6, 6.07) is -2.21. The summed E-state index contributed by atoms with van der Waals surface area (Å²) in [6.45, 7) is 7.05. The summed E-state index contributed by atoms with van der Waals surface area (Å²) < 4.78 is 0. The second-order valence-corrected chi connectivity index (χ2v) is 5.12. The molecule has 110 valence electrons. The van der Waals surface area contributed by atoms with Crippen molar-refractivity contribution in [3.63, 3.8) is 0 Å². The zero-order chi connectivity index (χ0) is 15.2. The van der Waals surface area contributed by atoms with Gasteiger partial charge in [-0.05, 0) is 25.7 Å². The van der Waals surface area contributed by atoms with Gasteiger partial charge in [0.05, 0.1) is 6.04 Å². The van der Waals surface area contributed by atoms with Crippen molar-refractivity contribution in [1.82, 2.24) is 4.90 Å². The Morgan fingerprint density at radius 3 is 2.11 bits per heavy atom. The molecule has 0 rings (SSSR count). The van der Waals surface area contributed by atoms with Crippen LogP contribution in [0.4, 0.5) is 0 Å². The molecule has 0 aromatic rings. The van der Waals surface area contributed by atoms with E-state index in [1.54, 1.807) is 0 Å². The van der Waals surface area contributed by atoms with Crippen LogP contribution in [0.5, 0.6) is 0 Å². The van der Waals surface area contributed by atoms with Crippen LogP contribution in [-0.4, -0.2) is 46.3 Å². The first-order valence-corrected chi connectivity index (χ1v) is 6.51. The van der Waals surface area contributed by atoms with Gasteiger partial charge in [-0.15, -0.1) is 0 Å². The first-order valence-electron chi connectivity index (χ1n) is 6.51. The van der Waals surface area contributed by atoms with Crippen molar-refractivity contribution in [1.29, 1.82) is 0 Å². The molecular formula is C13H24N2O4. The first-order chi connectivity index (χ1) is 8.72. The minimum Gasteiger partial charge on any atom is -0.479 e. The molecular weight excluding hydrogens is 248 g/mol. The molecule has 0 saturated carbocycles. The Morgan fingerprint density at radius 1 is 1.26 bits per heavy atom. The molecule has 3 N–H and O–H groups in total. The Labute approximate surface area is 113 Å². The molecule has 1 amide bonds. The molecule has 0 saturated heterocycles. The van der Waals surface area contributed by atoms with E-state index in [0.29, 0.717) is 12.8 Å². The SMILES string of the molecule is CCCN(C(=O)[C@@H](N)CC(C)C)[C@@H](C(C)=O)C(=O)O. The number of carbonyl (C=O) groups is 3. The van der Waals surface area contributed by atoms with E-state index in [2.05, 4.69) is 0 Å². The predicted molar refractivity (Wildman–Crippen MR) is 71.5 cm³/mol. The largest absolute Gasteiger partial charge is 0.479 e. The van der Waals surface area contributed by atoms with Crippen LogP contribution < -0.4 is 5.73 Å². The Balaban J connectivity index is 5.12. The van der Waals surface area contributed by atoms with Gasteiger partial charge in [0.15, 0.2) is 11.8 Å². The molecule has 19 heavy (non-hydrogen) atoms. The van der Waals surface area contributed by atoms with Crippen LogP contribution in [0.25, 0.3) is 0 Å². The highest BCUT2D eigenvalue weighted by Gasteiger charge is 2.35. The van der Waals surface area contributed by atoms with Crippen molar-refractivity contribution in [3.05, 3.63) is 0 Å². The number of aliphatic carboxylic acids is 1. The Kier molecular flexibility index (Phi) is 7.29. The standard InChI is InChI=1S/C13H24N2O4/c1-5-6-15(11(9(4)16)13(18)19)12(17)10(14)7-8(2)3/h8,10-11H,5-7,14H2,1-4H3,(H,18,19)/t10-,11-/m0/s1. The minimum atomic E-state index is -1.44. The molecule has 0 aromatic carbocycles. The number of nitrogens with zero attached hydrogens (tertiary/aromatic N) is 1. The number of carboxylic acid groups (broad SMARTS) is 1. The van der Waals surface area contributed by atoms with Gasteiger partial charge in [0.25, 0.3) is 0 Å². The van der Waals surface area contributed by atoms with Crippen molar-refractivity contribution in [3.8, 4) is 0 Å². The second kappa shape index (κ2) is 7.89. The highest BCUT2D eigenvalue weighted by atomic mass is 16.4. The lowest BCUT2D eigenvalue weighted by Crippen LogP contribution is -2.54. The highest BCUT2D eigenvalue weighted by Crippen LogP contribution is 2.10. The number of Topliss-reactive ketones (excluding diaryl/α,β-unsaturated/α-hetero) is 1. The van der Waals surface area contributed by atoms with Crippen LogP contribution >= 0.6 is 0 Å². The normalized spacial score (nSPS) is 14.0. The Hall–Kier alpha value is -1.43. The Bertz CT molecular complexity index is 328. The zero-order valence-electron chi connectivity index (χ0n) is 12.0. The summed E-state index contributed by atoms with van der Waals surface area (Å²) >= 11 is 0. The van der Waals surface area contributed by atoms with Gasteiger partial charge in [-0.2, -0.15) is 0 Å². The fourth-order valence-electron chi connectivity index (χ4n) is 1.96. The average molecular weight is 272 g/mol. The molecule has 0 aromatic heterocycles. The number of ketones is 1. The fraction of sp³-hybridized carbons (Fsp3) is 0.769. The van der Waals surface area contributed by atoms with E-state index in [0.717, 1.165) is 4.90 Å². The minimum absolute atomic E-state index is 0.209. The third kappa shape index (κ3) is 5.38. The van der Waals surface area contributed by atoms with Gasteiger partial charge in [0.2, 0.25) is 5.91 Å². The van der Waals surface area contributed by atoms with Crippen molar-refractivity contribution in [2.45, 2.75) is 52.6 Å². The van der Waals surface area contributed by atoms with Crippen molar-refractivity contribution in [2.24, 2.45) is 11.7 Å². The Morgan fingerprint density at radius 2 is 1.79 bits per heavy atom. The lowest BCUT2D eigenvalue weighted by Gasteiger charge is -2.29. The third-order valence-electron chi connectivity index (χ3n) is 2.72. The lowest BCUT2D eigenvalue weighted by molar-refractivity contribution is -0.154. The predicted octanol–water partition coefficient (Wildman–Crippen LogP) is 0.641. The van der Waals surface area contributed by atoms with E-state index in [1.165, 1.54) is 6.92 Å². The maximum Gasteiger partial charge on any atom is 0.334 e.